The molecule has 4 rings (SSSR count). The van der Waals surface area contributed by atoms with Crippen LogP contribution >= 0.6 is 11.3 Å². The van der Waals surface area contributed by atoms with E-state index in [0.29, 0.717) is 48.8 Å². The molecule has 1 aliphatic rings. The van der Waals surface area contributed by atoms with Gasteiger partial charge in [-0.1, -0.05) is 19.9 Å². The van der Waals surface area contributed by atoms with Crippen LogP contribution in [0.5, 0.6) is 11.5 Å². The van der Waals surface area contributed by atoms with Gasteiger partial charge in [0.1, 0.15) is 10.9 Å². The molecule has 1 N–H and O–H groups in total. The van der Waals surface area contributed by atoms with Crippen LogP contribution in [-0.4, -0.2) is 72.2 Å². The number of hydrogen-bond acceptors (Lipinski definition) is 9. The number of benzene rings is 1. The lowest BCUT2D eigenvalue weighted by molar-refractivity contribution is -0.125. The van der Waals surface area contributed by atoms with E-state index in [1.54, 1.807) is 32.1 Å². The van der Waals surface area contributed by atoms with Crippen molar-refractivity contribution in [1.29, 1.82) is 0 Å². The second-order valence-electron chi connectivity index (χ2n) is 8.96. The summed E-state index contributed by atoms with van der Waals surface area (Å²) < 4.78 is 16.7. The first-order valence-corrected chi connectivity index (χ1v) is 13.7. The summed E-state index contributed by atoms with van der Waals surface area (Å²) in [6.07, 6.45) is 2.27. The molecule has 39 heavy (non-hydrogen) atoms. The van der Waals surface area contributed by atoms with Crippen molar-refractivity contribution in [3.05, 3.63) is 39.9 Å². The van der Waals surface area contributed by atoms with Gasteiger partial charge >= 0.3 is 11.9 Å². The fraction of sp³-hybridized carbons (Fsp3) is 0.414. The van der Waals surface area contributed by atoms with Gasteiger partial charge in [0, 0.05) is 34.8 Å². The molecule has 0 bridgehead atoms. The van der Waals surface area contributed by atoms with Gasteiger partial charge in [-0.2, -0.15) is 0 Å². The molecule has 2 aromatic heterocycles. The Morgan fingerprint density at radius 3 is 2.54 bits per heavy atom. The minimum Gasteiger partial charge on any atom is -0.493 e. The predicted octanol–water partition coefficient (Wildman–Crippen LogP) is 4.22. The molecule has 9 nitrogen and oxygen atoms in total. The molecule has 0 radical (unpaired) electrons. The van der Waals surface area contributed by atoms with Gasteiger partial charge < -0.3 is 24.2 Å². The second-order valence-corrected chi connectivity index (χ2v) is 10.0. The zero-order chi connectivity index (χ0) is 28.1. The molecule has 0 atom stereocenters. The summed E-state index contributed by atoms with van der Waals surface area (Å²) in [5.74, 6) is 2.48. The van der Waals surface area contributed by atoms with E-state index < -0.39 is 11.9 Å². The minimum atomic E-state index is -0.428. The van der Waals surface area contributed by atoms with Gasteiger partial charge in [0.25, 0.3) is 0 Å². The minimum absolute atomic E-state index is 0.234. The van der Waals surface area contributed by atoms with Crippen LogP contribution in [0, 0.1) is 12.0 Å². The Kier molecular flexibility index (Phi) is 8.94. The lowest BCUT2D eigenvalue weighted by Gasteiger charge is -2.25. The lowest BCUT2D eigenvalue weighted by Crippen LogP contribution is -2.34. The molecule has 10 heteroatoms. The van der Waals surface area contributed by atoms with E-state index in [1.807, 2.05) is 18.2 Å². The molecule has 1 aliphatic heterocycles. The first-order valence-electron chi connectivity index (χ1n) is 12.9. The number of carbonyl (C=O) groups is 2. The number of nitrogens with zero attached hydrogens (tertiary/aromatic N) is 3. The van der Waals surface area contributed by atoms with Gasteiger partial charge in [-0.25, -0.2) is 9.78 Å². The van der Waals surface area contributed by atoms with Gasteiger partial charge in [-0.3, -0.25) is 9.69 Å². The molecule has 0 fully saturated rings. The molecule has 3 aromatic rings. The normalized spacial score (nSPS) is 12.6. The Morgan fingerprint density at radius 2 is 1.90 bits per heavy atom. The quantitative estimate of drug-likeness (QED) is 0.312. The highest BCUT2D eigenvalue weighted by molar-refractivity contribution is 7.19. The first-order chi connectivity index (χ1) is 18.9. The van der Waals surface area contributed by atoms with E-state index in [4.69, 9.17) is 24.3 Å². The smallest absolute Gasteiger partial charge is 0.340 e. The maximum absolute atomic E-state index is 13.6. The molecule has 206 valence electrons. The molecule has 0 unspecified atom stereocenters. The van der Waals surface area contributed by atoms with E-state index in [9.17, 15) is 9.59 Å². The molecule has 3 heterocycles. The lowest BCUT2D eigenvalue weighted by atomic mass is 9.91. The number of hydrogen-bond donors (Lipinski definition) is 1. The Bertz CT molecular complexity index is 1450. The van der Waals surface area contributed by atoms with E-state index in [2.05, 4.69) is 24.7 Å². The van der Waals surface area contributed by atoms with Gasteiger partial charge in [-0.15, -0.1) is 11.3 Å². The average Bonchev–Trinajstić information content (AvgIpc) is 3.32. The van der Waals surface area contributed by atoms with Gasteiger partial charge in [0.2, 0.25) is 0 Å². The van der Waals surface area contributed by atoms with Crippen molar-refractivity contribution in [2.24, 2.45) is 0 Å². The average molecular weight is 552 g/mol. The first kappa shape index (κ1) is 28.2. The SMILES string of the molecule is CCOC(=O)c1c(CN(CC)CC)nc2sc3c(c2c1-c1ccc(OC)c(OC)c1)CCN(C(=O)C#CO)C3. The maximum atomic E-state index is 13.6. The monoisotopic (exact) mass is 551 g/mol. The molecule has 0 spiro atoms. The summed E-state index contributed by atoms with van der Waals surface area (Å²) in [5.41, 5.74) is 3.66. The van der Waals surface area contributed by atoms with Crippen LogP contribution in [0.3, 0.4) is 0 Å². The zero-order valence-corrected chi connectivity index (χ0v) is 23.7. The molecular formula is C29H33N3O6S. The third kappa shape index (κ3) is 5.51. The Balaban J connectivity index is 2.04. The standard InChI is InChI=1S/C29H33N3O6S/c1-6-31(7-2)16-20-27(29(35)38-8-3)25(18-9-10-21(36-4)22(15-18)37-5)26-19-11-13-32(24(34)12-14-33)17-23(19)39-28(26)30-20/h9-10,15,33H,6-8,11,13,16-17H2,1-5H3. The van der Waals surface area contributed by atoms with E-state index in [0.717, 1.165) is 44.9 Å². The summed E-state index contributed by atoms with van der Waals surface area (Å²) >= 11 is 1.51. The predicted molar refractivity (Wildman–Crippen MR) is 150 cm³/mol. The molecular weight excluding hydrogens is 518 g/mol. The summed E-state index contributed by atoms with van der Waals surface area (Å²) in [7, 11) is 3.16. The number of amides is 1. The number of aromatic nitrogens is 1. The maximum Gasteiger partial charge on any atom is 0.340 e. The number of methoxy groups -OCH3 is 2. The van der Waals surface area contributed by atoms with E-state index in [-0.39, 0.29) is 6.61 Å². The van der Waals surface area contributed by atoms with Gasteiger partial charge in [-0.05, 0) is 49.7 Å². The number of pyridine rings is 1. The third-order valence-electron chi connectivity index (χ3n) is 6.93. The number of esters is 1. The summed E-state index contributed by atoms with van der Waals surface area (Å²) in [5, 5.41) is 9.79. The van der Waals surface area contributed by atoms with Crippen LogP contribution in [0.1, 0.15) is 47.3 Å². The fourth-order valence-corrected chi connectivity index (χ4v) is 6.21. The van der Waals surface area contributed by atoms with Crippen molar-refractivity contribution in [1.82, 2.24) is 14.8 Å². The number of aliphatic hydroxyl groups is 1. The topological polar surface area (TPSA) is 101 Å². The van der Waals surface area contributed by atoms with Crippen molar-refractivity contribution >= 4 is 33.4 Å². The molecule has 0 saturated heterocycles. The fourth-order valence-electron chi connectivity index (χ4n) is 4.95. The highest BCUT2D eigenvalue weighted by Gasteiger charge is 2.31. The second kappa shape index (κ2) is 12.4. The van der Waals surface area contributed by atoms with Crippen molar-refractivity contribution < 1.29 is 28.9 Å². The van der Waals surface area contributed by atoms with E-state index in [1.165, 1.54) is 11.3 Å². The number of carbonyl (C=O) groups excluding carboxylic acids is 2. The van der Waals surface area contributed by atoms with Crippen molar-refractivity contribution in [2.45, 2.75) is 40.3 Å². The van der Waals surface area contributed by atoms with Crippen molar-refractivity contribution in [3.8, 4) is 34.7 Å². The number of thiophene rings is 1. The Hall–Kier alpha value is -3.81. The molecule has 0 saturated carbocycles. The Morgan fingerprint density at radius 1 is 1.15 bits per heavy atom. The molecule has 1 aromatic carbocycles. The number of fused-ring (bicyclic) bond motifs is 3. The highest BCUT2D eigenvalue weighted by Crippen LogP contribution is 2.44. The number of ether oxygens (including phenoxy) is 3. The summed E-state index contributed by atoms with van der Waals surface area (Å²) in [6.45, 7) is 9.05. The van der Waals surface area contributed by atoms with Crippen LogP contribution in [0.2, 0.25) is 0 Å². The van der Waals surface area contributed by atoms with Crippen LogP contribution in [0.4, 0.5) is 0 Å². The third-order valence-corrected chi connectivity index (χ3v) is 8.04. The molecule has 1 amide bonds. The number of rotatable bonds is 9. The van der Waals surface area contributed by atoms with E-state index >= 15 is 0 Å². The van der Waals surface area contributed by atoms with Crippen LogP contribution in [0.15, 0.2) is 18.2 Å². The number of aliphatic hydroxyl groups excluding tert-OH is 1. The Labute approximate surface area is 232 Å². The van der Waals surface area contributed by atoms with Gasteiger partial charge in [0.05, 0.1) is 38.6 Å². The largest absolute Gasteiger partial charge is 0.493 e. The van der Waals surface area contributed by atoms with Crippen molar-refractivity contribution in [2.75, 3.05) is 40.5 Å². The summed E-state index contributed by atoms with van der Waals surface area (Å²) in [4.78, 5) is 36.6. The molecule has 0 aliphatic carbocycles. The van der Waals surface area contributed by atoms with Crippen LogP contribution < -0.4 is 9.47 Å². The van der Waals surface area contributed by atoms with Crippen LogP contribution in [0.25, 0.3) is 21.3 Å². The van der Waals surface area contributed by atoms with Crippen molar-refractivity contribution in [3.63, 3.8) is 0 Å². The van der Waals surface area contributed by atoms with Gasteiger partial charge in [0.15, 0.2) is 11.5 Å². The van der Waals surface area contributed by atoms with Crippen LogP contribution in [-0.2, 0) is 29.0 Å². The zero-order valence-electron chi connectivity index (χ0n) is 22.9. The highest BCUT2D eigenvalue weighted by atomic mass is 32.1. The summed E-state index contributed by atoms with van der Waals surface area (Å²) in [6, 6.07) is 5.61.